The Labute approximate surface area is 101 Å². The number of methoxy groups -OCH3 is 1. The fourth-order valence-corrected chi connectivity index (χ4v) is 1.16. The van der Waals surface area contributed by atoms with Crippen molar-refractivity contribution < 1.29 is 27.4 Å². The molecule has 0 N–H and O–H groups in total. The lowest BCUT2D eigenvalue weighted by Gasteiger charge is -2.10. The molecule has 0 heterocycles. The summed E-state index contributed by atoms with van der Waals surface area (Å²) in [5.74, 6) is -0.884. The second kappa shape index (κ2) is 5.40. The highest BCUT2D eigenvalue weighted by atomic mass is 19.4. The zero-order chi connectivity index (χ0) is 13.8. The minimum atomic E-state index is -4.46. The lowest BCUT2D eigenvalue weighted by Crippen LogP contribution is -2.19. The third-order valence-corrected chi connectivity index (χ3v) is 1.92. The molecule has 0 saturated carbocycles. The smallest absolute Gasteiger partial charge is 0.422 e. The molecule has 7 heteroatoms. The Morgan fingerprint density at radius 2 is 2.11 bits per heavy atom. The van der Waals surface area contributed by atoms with Crippen molar-refractivity contribution in [3.05, 3.63) is 29.3 Å². The maximum Gasteiger partial charge on any atom is 0.422 e. The minimum absolute atomic E-state index is 0.0284. The van der Waals surface area contributed by atoms with E-state index in [0.29, 0.717) is 0 Å². The van der Waals surface area contributed by atoms with Crippen LogP contribution in [0.3, 0.4) is 0 Å². The molecule has 0 aromatic heterocycles. The summed E-state index contributed by atoms with van der Waals surface area (Å²) in [5.41, 5.74) is -0.138. The Hall–Kier alpha value is -2.23. The summed E-state index contributed by atoms with van der Waals surface area (Å²) < 4.78 is 44.6. The Bertz CT molecular complexity index is 491. The Balaban J connectivity index is 2.93. The van der Waals surface area contributed by atoms with Crippen LogP contribution in [0.5, 0.6) is 5.75 Å². The summed E-state index contributed by atoms with van der Waals surface area (Å²) in [6.07, 6.45) is -4.46. The van der Waals surface area contributed by atoms with Crippen LogP contribution in [0.15, 0.2) is 18.2 Å². The molecule has 1 aromatic rings. The molecule has 0 bridgehead atoms. The average molecular weight is 259 g/mol. The fourth-order valence-electron chi connectivity index (χ4n) is 1.16. The van der Waals surface area contributed by atoms with Gasteiger partial charge in [0.2, 0.25) is 0 Å². The molecular weight excluding hydrogens is 251 g/mol. The summed E-state index contributed by atoms with van der Waals surface area (Å²) in [6.45, 7) is -1.46. The van der Waals surface area contributed by atoms with Crippen LogP contribution >= 0.6 is 0 Å². The maximum atomic E-state index is 11.9. The van der Waals surface area contributed by atoms with Crippen molar-refractivity contribution in [2.45, 2.75) is 6.18 Å². The van der Waals surface area contributed by atoms with E-state index < -0.39 is 18.8 Å². The molecule has 0 fully saturated rings. The monoisotopic (exact) mass is 259 g/mol. The quantitative estimate of drug-likeness (QED) is 0.781. The van der Waals surface area contributed by atoms with Gasteiger partial charge in [-0.1, -0.05) is 0 Å². The largest absolute Gasteiger partial charge is 0.484 e. The van der Waals surface area contributed by atoms with Crippen LogP contribution in [0.1, 0.15) is 15.9 Å². The van der Waals surface area contributed by atoms with E-state index in [1.54, 1.807) is 6.07 Å². The van der Waals surface area contributed by atoms with Crippen molar-refractivity contribution in [1.29, 1.82) is 5.26 Å². The van der Waals surface area contributed by atoms with Crippen molar-refractivity contribution in [3.8, 4) is 11.8 Å². The molecular formula is C11H8F3NO3. The average Bonchev–Trinajstić information content (AvgIpc) is 2.34. The lowest BCUT2D eigenvalue weighted by atomic mass is 10.1. The first-order chi connectivity index (χ1) is 8.37. The predicted octanol–water partition coefficient (Wildman–Crippen LogP) is 2.29. The van der Waals surface area contributed by atoms with Gasteiger partial charge in [0, 0.05) is 0 Å². The van der Waals surface area contributed by atoms with Gasteiger partial charge in [0.15, 0.2) is 6.61 Å². The van der Waals surface area contributed by atoms with Crippen molar-refractivity contribution in [2.75, 3.05) is 13.7 Å². The van der Waals surface area contributed by atoms with Crippen molar-refractivity contribution in [3.63, 3.8) is 0 Å². The summed E-state index contributed by atoms with van der Waals surface area (Å²) >= 11 is 0. The van der Waals surface area contributed by atoms with Crippen LogP contribution in [0.4, 0.5) is 13.2 Å². The highest BCUT2D eigenvalue weighted by Gasteiger charge is 2.28. The first kappa shape index (κ1) is 13.8. The van der Waals surface area contributed by atoms with Crippen LogP contribution in [0.25, 0.3) is 0 Å². The molecule has 1 aromatic carbocycles. The number of carbonyl (C=O) groups excluding carboxylic acids is 1. The molecule has 0 saturated heterocycles. The molecule has 0 aliphatic rings. The Morgan fingerprint density at radius 1 is 1.44 bits per heavy atom. The summed E-state index contributed by atoms with van der Waals surface area (Å²) in [7, 11) is 1.14. The molecule has 96 valence electrons. The van der Waals surface area contributed by atoms with E-state index in [2.05, 4.69) is 9.47 Å². The van der Waals surface area contributed by atoms with Gasteiger partial charge in [-0.25, -0.2) is 4.79 Å². The normalized spacial score (nSPS) is 10.6. The molecule has 0 aliphatic heterocycles. The zero-order valence-corrected chi connectivity index (χ0v) is 9.25. The molecule has 0 aliphatic carbocycles. The summed E-state index contributed by atoms with van der Waals surface area (Å²) in [5, 5.41) is 8.78. The number of ether oxygens (including phenoxy) is 2. The van der Waals surface area contributed by atoms with Crippen molar-refractivity contribution in [1.82, 2.24) is 0 Å². The number of nitrogens with zero attached hydrogens (tertiary/aromatic N) is 1. The molecule has 0 amide bonds. The molecule has 1 rings (SSSR count). The molecule has 4 nitrogen and oxygen atoms in total. The highest BCUT2D eigenvalue weighted by Crippen LogP contribution is 2.21. The number of carbonyl (C=O) groups is 1. The highest BCUT2D eigenvalue weighted by molar-refractivity contribution is 5.92. The number of alkyl halides is 3. The number of hydrogen-bond acceptors (Lipinski definition) is 4. The van der Waals surface area contributed by atoms with Crippen LogP contribution in [0, 0.1) is 11.3 Å². The first-order valence-corrected chi connectivity index (χ1v) is 4.69. The van der Waals surface area contributed by atoms with Gasteiger partial charge in [0.1, 0.15) is 11.8 Å². The number of nitriles is 1. The van der Waals surface area contributed by atoms with E-state index in [4.69, 9.17) is 5.26 Å². The second-order valence-electron chi connectivity index (χ2n) is 3.21. The molecule has 18 heavy (non-hydrogen) atoms. The van der Waals surface area contributed by atoms with Crippen LogP contribution in [0.2, 0.25) is 0 Å². The van der Waals surface area contributed by atoms with E-state index in [1.807, 2.05) is 0 Å². The van der Waals surface area contributed by atoms with Gasteiger partial charge in [-0.3, -0.25) is 0 Å². The molecule has 0 atom stereocenters. The molecule has 0 radical (unpaired) electrons. The maximum absolute atomic E-state index is 11.9. The lowest BCUT2D eigenvalue weighted by molar-refractivity contribution is -0.153. The zero-order valence-electron chi connectivity index (χ0n) is 9.25. The van der Waals surface area contributed by atoms with Crippen LogP contribution < -0.4 is 4.74 Å². The third-order valence-electron chi connectivity index (χ3n) is 1.92. The standard InChI is InChI=1S/C11H8F3NO3/c1-17-10(16)9-3-2-8(4-7(9)5-15)18-6-11(12,13)14/h2-4H,6H2,1H3. The van der Waals surface area contributed by atoms with Gasteiger partial charge in [0.25, 0.3) is 0 Å². The van der Waals surface area contributed by atoms with Gasteiger partial charge in [0.05, 0.1) is 18.2 Å². The number of esters is 1. The van der Waals surface area contributed by atoms with Gasteiger partial charge < -0.3 is 9.47 Å². The van der Waals surface area contributed by atoms with E-state index in [1.165, 1.54) is 12.1 Å². The first-order valence-electron chi connectivity index (χ1n) is 4.69. The van der Waals surface area contributed by atoms with E-state index in [9.17, 15) is 18.0 Å². The number of benzene rings is 1. The molecule has 0 unspecified atom stereocenters. The van der Waals surface area contributed by atoms with Crippen molar-refractivity contribution in [2.24, 2.45) is 0 Å². The topological polar surface area (TPSA) is 59.3 Å². The SMILES string of the molecule is COC(=O)c1ccc(OCC(F)(F)F)cc1C#N. The second-order valence-corrected chi connectivity index (χ2v) is 3.21. The predicted molar refractivity (Wildman–Crippen MR) is 54.0 cm³/mol. The third kappa shape index (κ3) is 3.66. The summed E-state index contributed by atoms with van der Waals surface area (Å²) in [6, 6.07) is 5.08. The van der Waals surface area contributed by atoms with Gasteiger partial charge >= 0.3 is 12.1 Å². The number of halogens is 3. The number of rotatable bonds is 3. The fraction of sp³-hybridized carbons (Fsp3) is 0.273. The van der Waals surface area contributed by atoms with Crippen LogP contribution in [-0.2, 0) is 4.74 Å². The summed E-state index contributed by atoms with van der Waals surface area (Å²) in [4.78, 5) is 11.2. The molecule has 0 spiro atoms. The van der Waals surface area contributed by atoms with Gasteiger partial charge in [-0.05, 0) is 18.2 Å². The Morgan fingerprint density at radius 3 is 2.61 bits per heavy atom. The Kier molecular flexibility index (Phi) is 4.15. The van der Waals surface area contributed by atoms with Crippen molar-refractivity contribution >= 4 is 5.97 Å². The van der Waals surface area contributed by atoms with Gasteiger partial charge in [-0.2, -0.15) is 18.4 Å². The van der Waals surface area contributed by atoms with E-state index >= 15 is 0 Å². The number of hydrogen-bond donors (Lipinski definition) is 0. The van der Waals surface area contributed by atoms with Crippen LogP contribution in [-0.4, -0.2) is 25.9 Å². The van der Waals surface area contributed by atoms with Gasteiger partial charge in [-0.15, -0.1) is 0 Å². The minimum Gasteiger partial charge on any atom is -0.484 e. The van der Waals surface area contributed by atoms with E-state index in [-0.39, 0.29) is 16.9 Å². The van der Waals surface area contributed by atoms with E-state index in [0.717, 1.165) is 13.2 Å².